The van der Waals surface area contributed by atoms with Crippen molar-refractivity contribution >= 4 is 28.5 Å². The first-order valence-corrected chi connectivity index (χ1v) is 9.84. The summed E-state index contributed by atoms with van der Waals surface area (Å²) in [5.74, 6) is -0.0922. The molecule has 4 rings (SSSR count). The Bertz CT molecular complexity index is 1200. The number of hydrogen-bond acceptors (Lipinski definition) is 3. The van der Waals surface area contributed by atoms with Crippen LogP contribution in [0.25, 0.3) is 16.7 Å². The molecule has 160 valence electrons. The molecule has 0 aliphatic rings. The van der Waals surface area contributed by atoms with Gasteiger partial charge in [0.25, 0.3) is 5.91 Å². The van der Waals surface area contributed by atoms with E-state index < -0.39 is 23.3 Å². The van der Waals surface area contributed by atoms with Gasteiger partial charge in [-0.2, -0.15) is 18.3 Å². The molecule has 0 atom stereocenters. The molecule has 0 aliphatic heterocycles. The van der Waals surface area contributed by atoms with Gasteiger partial charge in [0.15, 0.2) is 5.69 Å². The highest BCUT2D eigenvalue weighted by atomic mass is 35.5. The van der Waals surface area contributed by atoms with Crippen molar-refractivity contribution in [1.29, 1.82) is 0 Å². The van der Waals surface area contributed by atoms with Crippen LogP contribution in [0.4, 0.5) is 13.2 Å². The molecule has 2 heterocycles. The Hall–Kier alpha value is -3.33. The van der Waals surface area contributed by atoms with Crippen LogP contribution in [-0.2, 0) is 12.6 Å². The van der Waals surface area contributed by atoms with Gasteiger partial charge in [-0.05, 0) is 36.8 Å². The van der Waals surface area contributed by atoms with Gasteiger partial charge in [0, 0.05) is 18.0 Å². The van der Waals surface area contributed by atoms with Gasteiger partial charge < -0.3 is 10.3 Å². The number of para-hydroxylation sites is 2. The smallest absolute Gasteiger partial charge is 0.352 e. The lowest BCUT2D eigenvalue weighted by atomic mass is 10.2. The number of rotatable bonds is 6. The molecule has 0 radical (unpaired) electrons. The van der Waals surface area contributed by atoms with Crippen LogP contribution in [0.3, 0.4) is 0 Å². The Morgan fingerprint density at radius 3 is 2.71 bits per heavy atom. The summed E-state index contributed by atoms with van der Waals surface area (Å²) >= 11 is 5.88. The zero-order chi connectivity index (χ0) is 22.0. The maximum Gasteiger partial charge on any atom is 0.434 e. The monoisotopic (exact) mass is 447 g/mol. The number of fused-ring (bicyclic) bond motifs is 1. The molecule has 0 fully saturated rings. The van der Waals surface area contributed by atoms with Gasteiger partial charge in [0.2, 0.25) is 0 Å². The molecule has 0 saturated heterocycles. The van der Waals surface area contributed by atoms with E-state index >= 15 is 0 Å². The molecule has 2 N–H and O–H groups in total. The summed E-state index contributed by atoms with van der Waals surface area (Å²) in [6.07, 6.45) is -2.81. The highest BCUT2D eigenvalue weighted by Crippen LogP contribution is 2.34. The molecular formula is C21H17ClF3N5O. The van der Waals surface area contributed by atoms with Crippen LogP contribution in [0, 0.1) is 0 Å². The molecule has 0 saturated carbocycles. The number of aromatic nitrogens is 4. The second-order valence-electron chi connectivity index (χ2n) is 6.86. The van der Waals surface area contributed by atoms with Crippen LogP contribution < -0.4 is 5.32 Å². The van der Waals surface area contributed by atoms with E-state index in [1.54, 1.807) is 0 Å². The number of H-pyrrole nitrogens is 1. The molecule has 0 bridgehead atoms. The fourth-order valence-electron chi connectivity index (χ4n) is 3.27. The Labute approximate surface area is 180 Å². The fourth-order valence-corrected chi connectivity index (χ4v) is 3.45. The molecule has 31 heavy (non-hydrogen) atoms. The number of aryl methyl sites for hydroxylation is 1. The summed E-state index contributed by atoms with van der Waals surface area (Å²) in [6.45, 7) is 0.190. The first-order valence-electron chi connectivity index (χ1n) is 9.46. The molecular weight excluding hydrogens is 431 g/mol. The van der Waals surface area contributed by atoms with Crippen molar-refractivity contribution in [2.75, 3.05) is 6.54 Å². The quantitative estimate of drug-likeness (QED) is 0.417. The van der Waals surface area contributed by atoms with E-state index in [2.05, 4.69) is 20.4 Å². The summed E-state index contributed by atoms with van der Waals surface area (Å²) in [4.78, 5) is 20.1. The van der Waals surface area contributed by atoms with Gasteiger partial charge in [-0.3, -0.25) is 4.79 Å². The second kappa shape index (κ2) is 8.43. The number of carbonyl (C=O) groups excluding carboxylic acids is 1. The highest BCUT2D eigenvalue weighted by Gasteiger charge is 2.40. The van der Waals surface area contributed by atoms with Crippen molar-refractivity contribution < 1.29 is 18.0 Å². The van der Waals surface area contributed by atoms with Crippen LogP contribution >= 0.6 is 11.6 Å². The number of hydrogen-bond donors (Lipinski definition) is 2. The molecule has 1 amide bonds. The van der Waals surface area contributed by atoms with Crippen molar-refractivity contribution in [1.82, 2.24) is 25.1 Å². The number of nitrogens with one attached hydrogen (secondary N) is 2. The third kappa shape index (κ3) is 4.56. The van der Waals surface area contributed by atoms with Crippen molar-refractivity contribution in [3.05, 3.63) is 76.8 Å². The van der Waals surface area contributed by atoms with Gasteiger partial charge in [-0.15, -0.1) is 0 Å². The topological polar surface area (TPSA) is 75.6 Å². The van der Waals surface area contributed by atoms with Gasteiger partial charge in [-0.25, -0.2) is 9.67 Å². The van der Waals surface area contributed by atoms with Crippen LogP contribution in [0.5, 0.6) is 0 Å². The molecule has 6 nitrogen and oxygen atoms in total. The number of halogens is 4. The van der Waals surface area contributed by atoms with E-state index in [0.29, 0.717) is 17.5 Å². The van der Waals surface area contributed by atoms with Crippen LogP contribution in [0.1, 0.15) is 28.3 Å². The number of alkyl halides is 3. The fraction of sp³-hybridized carbons (Fsp3) is 0.190. The standard InChI is InChI=1S/C21H17ClF3N5O/c22-13-5-3-6-14(11-13)30-19(21(23,24)25)15(12-27-30)20(31)26-10-4-9-18-28-16-7-1-2-8-17(16)29-18/h1-3,5-8,11-12H,4,9-10H2,(H,26,31)(H,28,29). The third-order valence-electron chi connectivity index (χ3n) is 4.65. The van der Waals surface area contributed by atoms with E-state index in [1.807, 2.05) is 24.3 Å². The maximum absolute atomic E-state index is 13.7. The largest absolute Gasteiger partial charge is 0.434 e. The van der Waals surface area contributed by atoms with E-state index in [-0.39, 0.29) is 17.3 Å². The predicted molar refractivity (Wildman–Crippen MR) is 110 cm³/mol. The molecule has 2 aromatic heterocycles. The molecule has 10 heteroatoms. The minimum atomic E-state index is -4.78. The number of aromatic amines is 1. The first kappa shape index (κ1) is 20.9. The number of benzene rings is 2. The van der Waals surface area contributed by atoms with Crippen LogP contribution in [0.2, 0.25) is 5.02 Å². The van der Waals surface area contributed by atoms with Gasteiger partial charge in [0.05, 0.1) is 28.5 Å². The van der Waals surface area contributed by atoms with Crippen LogP contribution in [-0.4, -0.2) is 32.2 Å². The summed E-state index contributed by atoms with van der Waals surface area (Å²) in [5.41, 5.74) is 0.166. The molecule has 0 aliphatic carbocycles. The van der Waals surface area contributed by atoms with Gasteiger partial charge in [-0.1, -0.05) is 29.8 Å². The number of imidazole rings is 1. The van der Waals surface area contributed by atoms with Gasteiger partial charge in [0.1, 0.15) is 5.82 Å². The lowest BCUT2D eigenvalue weighted by Crippen LogP contribution is -2.27. The summed E-state index contributed by atoms with van der Waals surface area (Å²) in [6, 6.07) is 13.4. The average molecular weight is 448 g/mol. The number of carbonyl (C=O) groups is 1. The minimum Gasteiger partial charge on any atom is -0.352 e. The Balaban J connectivity index is 1.45. The molecule has 0 spiro atoms. The molecule has 4 aromatic rings. The lowest BCUT2D eigenvalue weighted by Gasteiger charge is -2.13. The van der Waals surface area contributed by atoms with Crippen molar-refractivity contribution in [2.24, 2.45) is 0 Å². The van der Waals surface area contributed by atoms with E-state index in [1.165, 1.54) is 24.3 Å². The molecule has 2 aromatic carbocycles. The van der Waals surface area contributed by atoms with E-state index in [9.17, 15) is 18.0 Å². The first-order chi connectivity index (χ1) is 14.8. The highest BCUT2D eigenvalue weighted by molar-refractivity contribution is 6.30. The Morgan fingerprint density at radius 1 is 1.16 bits per heavy atom. The van der Waals surface area contributed by atoms with Crippen molar-refractivity contribution in [3.8, 4) is 5.69 Å². The van der Waals surface area contributed by atoms with Crippen LogP contribution in [0.15, 0.2) is 54.7 Å². The summed E-state index contributed by atoms with van der Waals surface area (Å²) in [7, 11) is 0. The normalized spacial score (nSPS) is 11.7. The SMILES string of the molecule is O=C(NCCCc1nc2ccccc2[nH]1)c1cnn(-c2cccc(Cl)c2)c1C(F)(F)F. The maximum atomic E-state index is 13.7. The van der Waals surface area contributed by atoms with Gasteiger partial charge >= 0.3 is 6.18 Å². The van der Waals surface area contributed by atoms with Crippen molar-refractivity contribution in [3.63, 3.8) is 0 Å². The lowest BCUT2D eigenvalue weighted by molar-refractivity contribution is -0.143. The third-order valence-corrected chi connectivity index (χ3v) is 4.88. The Kier molecular flexibility index (Phi) is 5.69. The Morgan fingerprint density at radius 2 is 1.97 bits per heavy atom. The average Bonchev–Trinajstić information content (AvgIpc) is 3.35. The minimum absolute atomic E-state index is 0.115. The molecule has 0 unspecified atom stereocenters. The zero-order valence-electron chi connectivity index (χ0n) is 16.1. The summed E-state index contributed by atoms with van der Waals surface area (Å²) < 4.78 is 41.8. The zero-order valence-corrected chi connectivity index (χ0v) is 16.8. The number of nitrogens with zero attached hydrogens (tertiary/aromatic N) is 3. The summed E-state index contributed by atoms with van der Waals surface area (Å²) in [5, 5.41) is 6.57. The second-order valence-corrected chi connectivity index (χ2v) is 7.29. The number of amides is 1. The van der Waals surface area contributed by atoms with E-state index in [4.69, 9.17) is 11.6 Å². The van der Waals surface area contributed by atoms with Crippen molar-refractivity contribution in [2.45, 2.75) is 19.0 Å². The van der Waals surface area contributed by atoms with E-state index in [0.717, 1.165) is 23.1 Å². The predicted octanol–water partition coefficient (Wildman–Crippen LogP) is 4.78.